The second-order valence-electron chi connectivity index (χ2n) is 7.65. The molecule has 3 aliphatic heterocycles. The fourth-order valence-electron chi connectivity index (χ4n) is 3.85. The SMILES string of the molecule is Cl.NC=NCC(=O)CN[C@@H]1[C@H](O)[C@@H](OC(N)=O)[C@@H](CO)O[C@H]1NC1=NC2C(=O)NCC(O)C2N1. The normalized spacial score (nSPS) is 34.8. The van der Waals surface area contributed by atoms with Crippen molar-refractivity contribution < 1.29 is 39.2 Å². The number of carbonyl (C=O) groups excluding carboxylic acids is 3. The van der Waals surface area contributed by atoms with Gasteiger partial charge in [-0.1, -0.05) is 0 Å². The van der Waals surface area contributed by atoms with Crippen molar-refractivity contribution in [1.29, 1.82) is 0 Å². The van der Waals surface area contributed by atoms with Crippen molar-refractivity contribution in [3.05, 3.63) is 0 Å². The van der Waals surface area contributed by atoms with Crippen LogP contribution < -0.4 is 32.7 Å². The van der Waals surface area contributed by atoms with Gasteiger partial charge in [0.15, 0.2) is 23.9 Å². The highest BCUT2D eigenvalue weighted by Crippen LogP contribution is 2.23. The number of fused-ring (bicyclic) bond motifs is 1. The first kappa shape index (κ1) is 27.5. The number of Topliss-reactive ketones (excluding diaryl/α,β-unsaturated/α-hetero) is 1. The molecular formula is C17H29ClN8O8. The van der Waals surface area contributed by atoms with Crippen molar-refractivity contribution in [1.82, 2.24) is 21.3 Å². The zero-order valence-electron chi connectivity index (χ0n) is 17.9. The predicted octanol–water partition coefficient (Wildman–Crippen LogP) is -5.76. The third-order valence-electron chi connectivity index (χ3n) is 5.42. The minimum atomic E-state index is -1.47. The van der Waals surface area contributed by atoms with E-state index in [2.05, 4.69) is 31.3 Å². The van der Waals surface area contributed by atoms with Crippen LogP contribution in [-0.4, -0.2) is 120 Å². The summed E-state index contributed by atoms with van der Waals surface area (Å²) in [5, 5.41) is 41.7. The van der Waals surface area contributed by atoms with Gasteiger partial charge in [-0.3, -0.25) is 14.6 Å². The maximum atomic E-state index is 12.1. The van der Waals surface area contributed by atoms with E-state index in [0.29, 0.717) is 0 Å². The van der Waals surface area contributed by atoms with Gasteiger partial charge in [0.05, 0.1) is 37.7 Å². The number of carbonyl (C=O) groups is 3. The van der Waals surface area contributed by atoms with Crippen LogP contribution >= 0.6 is 12.4 Å². The molecule has 0 aliphatic carbocycles. The number of guanidine groups is 1. The summed E-state index contributed by atoms with van der Waals surface area (Å²) in [6.45, 7) is -1.02. The van der Waals surface area contributed by atoms with E-state index in [0.717, 1.165) is 6.34 Å². The van der Waals surface area contributed by atoms with Crippen LogP contribution in [0.25, 0.3) is 0 Å². The van der Waals surface area contributed by atoms with Crippen molar-refractivity contribution in [2.75, 3.05) is 26.2 Å². The number of nitrogens with zero attached hydrogens (tertiary/aromatic N) is 2. The van der Waals surface area contributed by atoms with Gasteiger partial charge in [0.1, 0.15) is 25.0 Å². The Hall–Kier alpha value is -2.76. The molecule has 2 amide bonds. The van der Waals surface area contributed by atoms with E-state index < -0.39 is 61.5 Å². The standard InChI is InChI=1S/C17H28N8O8.ClH/c18-5-20-1-6(27)2-21-11-12(29)13(33-16(19)31)8(4-26)32-15(11)25-17-23-9-7(28)3-22-14(30)10(9)24-17;/h5,7-13,15,21,26,28-29H,1-4H2,(H2,18,20)(H2,19,31)(H,22,30)(H2,23,24,25);1H/t7?,8-,9?,10?,11-,12+,13+,15-;/m1./s1. The van der Waals surface area contributed by atoms with Gasteiger partial charge in [0.2, 0.25) is 5.91 Å². The third-order valence-corrected chi connectivity index (χ3v) is 5.42. The number of aliphatic imine (C=N–C) groups is 2. The van der Waals surface area contributed by atoms with Crippen molar-refractivity contribution in [2.45, 2.75) is 48.8 Å². The fourth-order valence-corrected chi connectivity index (χ4v) is 3.85. The molecule has 3 rings (SSSR count). The molecule has 2 saturated heterocycles. The number of β-amino-alcohol motifs (C(OH)–C–C–N with tert-alkyl or cyclic N) is 1. The molecule has 0 spiro atoms. The Morgan fingerprint density at radius 1 is 1.38 bits per heavy atom. The van der Waals surface area contributed by atoms with Gasteiger partial charge in [-0.15, -0.1) is 12.4 Å². The molecule has 34 heavy (non-hydrogen) atoms. The summed E-state index contributed by atoms with van der Waals surface area (Å²) >= 11 is 0. The van der Waals surface area contributed by atoms with Gasteiger partial charge >= 0.3 is 6.09 Å². The van der Waals surface area contributed by atoms with Crippen LogP contribution in [0.1, 0.15) is 0 Å². The number of hydrogen-bond acceptors (Lipinski definition) is 13. The lowest BCUT2D eigenvalue weighted by molar-refractivity contribution is -0.197. The van der Waals surface area contributed by atoms with Crippen LogP contribution in [0, 0.1) is 0 Å². The average molecular weight is 509 g/mol. The molecule has 3 unspecified atom stereocenters. The number of aliphatic hydroxyl groups excluding tert-OH is 3. The van der Waals surface area contributed by atoms with E-state index in [4.69, 9.17) is 20.9 Å². The van der Waals surface area contributed by atoms with Crippen molar-refractivity contribution in [3.8, 4) is 0 Å². The zero-order chi connectivity index (χ0) is 24.1. The number of amides is 2. The number of aliphatic hydroxyl groups is 3. The number of nitrogens with one attached hydrogen (secondary N) is 4. The largest absolute Gasteiger partial charge is 0.441 e. The third kappa shape index (κ3) is 6.22. The average Bonchev–Trinajstić information content (AvgIpc) is 3.21. The number of hydrogen-bond donors (Lipinski definition) is 9. The molecule has 0 aromatic rings. The maximum absolute atomic E-state index is 12.1. The molecule has 192 valence electrons. The lowest BCUT2D eigenvalue weighted by Gasteiger charge is -2.44. The number of piperidine rings is 1. The monoisotopic (exact) mass is 508 g/mol. The van der Waals surface area contributed by atoms with E-state index in [-0.39, 0.29) is 49.7 Å². The van der Waals surface area contributed by atoms with Crippen LogP contribution in [-0.2, 0) is 19.1 Å². The summed E-state index contributed by atoms with van der Waals surface area (Å²) in [5.41, 5.74) is 10.2. The summed E-state index contributed by atoms with van der Waals surface area (Å²) in [4.78, 5) is 43.2. The second-order valence-corrected chi connectivity index (χ2v) is 7.65. The van der Waals surface area contributed by atoms with Gasteiger partial charge in [-0.25, -0.2) is 9.79 Å². The molecule has 0 aromatic heterocycles. The molecule has 16 nitrogen and oxygen atoms in total. The maximum Gasteiger partial charge on any atom is 0.404 e. The van der Waals surface area contributed by atoms with Gasteiger partial charge in [0, 0.05) is 6.54 Å². The van der Waals surface area contributed by atoms with Gasteiger partial charge < -0.3 is 57.5 Å². The first-order valence-electron chi connectivity index (χ1n) is 10.2. The van der Waals surface area contributed by atoms with Crippen molar-refractivity contribution in [2.24, 2.45) is 21.5 Å². The first-order chi connectivity index (χ1) is 15.7. The number of halogens is 1. The first-order valence-corrected chi connectivity index (χ1v) is 10.2. The predicted molar refractivity (Wildman–Crippen MR) is 118 cm³/mol. The Morgan fingerprint density at radius 3 is 2.74 bits per heavy atom. The number of ketones is 1. The number of rotatable bonds is 8. The molecule has 11 N–H and O–H groups in total. The van der Waals surface area contributed by atoms with Crippen LogP contribution in [0.15, 0.2) is 9.98 Å². The highest BCUT2D eigenvalue weighted by atomic mass is 35.5. The minimum Gasteiger partial charge on any atom is -0.441 e. The lowest BCUT2D eigenvalue weighted by atomic mass is 9.95. The Bertz CT molecular complexity index is 816. The van der Waals surface area contributed by atoms with Crippen molar-refractivity contribution in [3.63, 3.8) is 0 Å². The quantitative estimate of drug-likeness (QED) is 0.110. The number of primary amides is 1. The summed E-state index contributed by atoms with van der Waals surface area (Å²) in [5.74, 6) is -0.639. The number of ether oxygens (including phenoxy) is 2. The van der Waals surface area contributed by atoms with Gasteiger partial charge in [-0.05, 0) is 0 Å². The van der Waals surface area contributed by atoms with Crippen LogP contribution in [0.3, 0.4) is 0 Å². The molecule has 3 heterocycles. The van der Waals surface area contributed by atoms with Crippen LogP contribution in [0.4, 0.5) is 4.79 Å². The summed E-state index contributed by atoms with van der Waals surface area (Å²) in [7, 11) is 0. The lowest BCUT2D eigenvalue weighted by Crippen LogP contribution is -2.69. The van der Waals surface area contributed by atoms with E-state index >= 15 is 0 Å². The van der Waals surface area contributed by atoms with Crippen LogP contribution in [0.5, 0.6) is 0 Å². The summed E-state index contributed by atoms with van der Waals surface area (Å²) in [6, 6.07) is -2.61. The van der Waals surface area contributed by atoms with Crippen LogP contribution in [0.2, 0.25) is 0 Å². The van der Waals surface area contributed by atoms with Crippen molar-refractivity contribution >= 4 is 42.5 Å². The van der Waals surface area contributed by atoms with E-state index in [1.54, 1.807) is 0 Å². The molecule has 0 radical (unpaired) electrons. The Kier molecular flexibility index (Phi) is 9.77. The zero-order valence-corrected chi connectivity index (χ0v) is 18.7. The molecule has 2 fully saturated rings. The Balaban J connectivity index is 0.00000408. The molecular weight excluding hydrogens is 480 g/mol. The van der Waals surface area contributed by atoms with E-state index in [1.165, 1.54) is 0 Å². The molecule has 17 heteroatoms. The molecule has 0 bridgehead atoms. The Morgan fingerprint density at radius 2 is 2.12 bits per heavy atom. The fraction of sp³-hybridized carbons (Fsp3) is 0.706. The molecule has 3 aliphatic rings. The number of nitrogens with two attached hydrogens (primary N) is 2. The molecule has 0 saturated carbocycles. The summed E-state index contributed by atoms with van der Waals surface area (Å²) < 4.78 is 10.7. The van der Waals surface area contributed by atoms with Gasteiger partial charge in [-0.2, -0.15) is 0 Å². The summed E-state index contributed by atoms with van der Waals surface area (Å²) in [6.07, 6.45) is -6.18. The Labute approximate surface area is 199 Å². The van der Waals surface area contributed by atoms with E-state index in [1.807, 2.05) is 0 Å². The second kappa shape index (κ2) is 12.1. The highest BCUT2D eigenvalue weighted by molar-refractivity contribution is 5.92. The molecule has 8 atom stereocenters. The minimum absolute atomic E-state index is 0. The van der Waals surface area contributed by atoms with Gasteiger partial charge in [0.25, 0.3) is 0 Å². The molecule has 0 aromatic carbocycles. The smallest absolute Gasteiger partial charge is 0.404 e. The van der Waals surface area contributed by atoms with E-state index in [9.17, 15) is 29.7 Å². The highest BCUT2D eigenvalue weighted by Gasteiger charge is 2.49. The topological polar surface area (TPSA) is 255 Å².